The summed E-state index contributed by atoms with van der Waals surface area (Å²) >= 11 is 0. The molecular formula is C55H98NO8P. The standard InChI is InChI=1S/C55H98NO8P/c1-3-5-7-9-11-13-15-17-19-21-23-25-26-28-29-31-33-35-37-39-41-43-45-47-54(58)56-49-50-63-65(60,61)64-52-53(57)51-62-55(59)48-46-44-42-40-38-36-34-32-30-27-24-22-20-18-16-14-12-10-8-6-4-2/h11-14,17-20,24,27,32,34,53,57H,3-10,15-16,21-23,25-26,28-31,33,35-52H2,1-2H3,(H,56,58)(H,60,61)/b13-11-,14-12-,19-17-,20-18-,27-24-,34-32-. The summed E-state index contributed by atoms with van der Waals surface area (Å²) in [6, 6.07) is 0. The van der Waals surface area contributed by atoms with Crippen LogP contribution < -0.4 is 5.32 Å². The highest BCUT2D eigenvalue weighted by molar-refractivity contribution is 7.47. The molecule has 0 bridgehead atoms. The van der Waals surface area contributed by atoms with Crippen molar-refractivity contribution in [2.24, 2.45) is 0 Å². The molecule has 0 aromatic heterocycles. The van der Waals surface area contributed by atoms with E-state index in [0.29, 0.717) is 12.8 Å². The highest BCUT2D eigenvalue weighted by atomic mass is 31.2. The maximum Gasteiger partial charge on any atom is 0.472 e. The normalized spacial score (nSPS) is 13.7. The number of ether oxygens (including phenoxy) is 1. The second kappa shape index (κ2) is 50.9. The Bertz CT molecular complexity index is 1290. The summed E-state index contributed by atoms with van der Waals surface area (Å²) in [6.45, 7) is 3.50. The van der Waals surface area contributed by atoms with E-state index < -0.39 is 26.5 Å². The quantitative estimate of drug-likeness (QED) is 0.0238. The van der Waals surface area contributed by atoms with Crippen molar-refractivity contribution in [3.8, 4) is 0 Å². The molecule has 0 saturated carbocycles. The number of aliphatic hydroxyl groups excluding tert-OH is 1. The molecule has 2 unspecified atom stereocenters. The van der Waals surface area contributed by atoms with Crippen molar-refractivity contribution in [1.82, 2.24) is 5.32 Å². The average Bonchev–Trinajstić information content (AvgIpc) is 3.29. The van der Waals surface area contributed by atoms with Gasteiger partial charge in [-0.15, -0.1) is 0 Å². The van der Waals surface area contributed by atoms with Gasteiger partial charge in [0.1, 0.15) is 12.7 Å². The maximum atomic E-state index is 12.2. The molecule has 2 atom stereocenters. The molecule has 376 valence electrons. The molecule has 0 aliphatic heterocycles. The van der Waals surface area contributed by atoms with Crippen molar-refractivity contribution in [2.45, 2.75) is 238 Å². The van der Waals surface area contributed by atoms with Crippen LogP contribution in [0.25, 0.3) is 0 Å². The van der Waals surface area contributed by atoms with Gasteiger partial charge in [0.25, 0.3) is 0 Å². The van der Waals surface area contributed by atoms with Crippen LogP contribution in [0.5, 0.6) is 0 Å². The van der Waals surface area contributed by atoms with Gasteiger partial charge in [0.05, 0.1) is 13.2 Å². The van der Waals surface area contributed by atoms with E-state index in [0.717, 1.165) is 77.0 Å². The van der Waals surface area contributed by atoms with Crippen LogP contribution in [-0.2, 0) is 27.9 Å². The first-order valence-corrected chi connectivity index (χ1v) is 27.9. The van der Waals surface area contributed by atoms with Gasteiger partial charge in [0.2, 0.25) is 5.91 Å². The Kier molecular flexibility index (Phi) is 48.9. The predicted molar refractivity (Wildman–Crippen MR) is 275 cm³/mol. The monoisotopic (exact) mass is 932 g/mol. The summed E-state index contributed by atoms with van der Waals surface area (Å²) in [5.74, 6) is -0.534. The molecular weight excluding hydrogens is 834 g/mol. The lowest BCUT2D eigenvalue weighted by Gasteiger charge is -2.15. The van der Waals surface area contributed by atoms with E-state index in [-0.39, 0.29) is 32.1 Å². The molecule has 0 heterocycles. The van der Waals surface area contributed by atoms with Gasteiger partial charge < -0.3 is 20.1 Å². The van der Waals surface area contributed by atoms with Crippen molar-refractivity contribution < 1.29 is 37.9 Å². The van der Waals surface area contributed by atoms with Gasteiger partial charge in [-0.25, -0.2) is 4.57 Å². The smallest absolute Gasteiger partial charge is 0.463 e. The lowest BCUT2D eigenvalue weighted by atomic mass is 10.0. The first-order valence-electron chi connectivity index (χ1n) is 26.4. The third kappa shape index (κ3) is 52.3. The number of carbonyl (C=O) groups excluding carboxylic acids is 2. The molecule has 1 amide bonds. The van der Waals surface area contributed by atoms with Crippen LogP contribution in [0.3, 0.4) is 0 Å². The Balaban J connectivity index is 3.59. The molecule has 0 aliphatic carbocycles. The topological polar surface area (TPSA) is 131 Å². The SMILES string of the molecule is CCCCC/C=C\C/C=C\C/C=C\C/C=C\CCCCCCCC(=O)OCC(O)COP(=O)(O)OCCNC(=O)CCCCCCCCCCCCCCC/C=C\C/C=C\CCCCC. The first kappa shape index (κ1) is 62.4. The number of nitrogens with one attached hydrogen (secondary N) is 1. The fourth-order valence-electron chi connectivity index (χ4n) is 7.10. The Hall–Kier alpha value is -2.55. The van der Waals surface area contributed by atoms with E-state index in [1.807, 2.05) is 0 Å². The van der Waals surface area contributed by atoms with Gasteiger partial charge in [-0.2, -0.15) is 0 Å². The number of hydrogen-bond acceptors (Lipinski definition) is 7. The number of phosphoric ester groups is 1. The zero-order chi connectivity index (χ0) is 47.4. The summed E-state index contributed by atoms with van der Waals surface area (Å²) in [5.41, 5.74) is 0. The fraction of sp³-hybridized carbons (Fsp3) is 0.745. The number of hydrogen-bond donors (Lipinski definition) is 3. The van der Waals surface area contributed by atoms with Crippen LogP contribution in [0.1, 0.15) is 232 Å². The number of esters is 1. The number of aliphatic hydroxyl groups is 1. The first-order chi connectivity index (χ1) is 31.8. The third-order valence-electron chi connectivity index (χ3n) is 11.1. The molecule has 0 aromatic rings. The Morgan fingerprint density at radius 2 is 0.831 bits per heavy atom. The summed E-state index contributed by atoms with van der Waals surface area (Å²) < 4.78 is 27.0. The van der Waals surface area contributed by atoms with Crippen LogP contribution in [0.15, 0.2) is 72.9 Å². The van der Waals surface area contributed by atoms with Gasteiger partial charge >= 0.3 is 13.8 Å². The second-order valence-electron chi connectivity index (χ2n) is 17.5. The molecule has 0 aromatic carbocycles. The molecule has 0 fully saturated rings. The van der Waals surface area contributed by atoms with Gasteiger partial charge in [-0.05, 0) is 89.9 Å². The van der Waals surface area contributed by atoms with Crippen molar-refractivity contribution >= 4 is 19.7 Å². The Morgan fingerprint density at radius 3 is 1.25 bits per heavy atom. The number of carbonyl (C=O) groups is 2. The molecule has 9 nitrogen and oxygen atoms in total. The molecule has 0 saturated heterocycles. The molecule has 0 rings (SSSR count). The second-order valence-corrected chi connectivity index (χ2v) is 18.9. The van der Waals surface area contributed by atoms with Gasteiger partial charge in [0, 0.05) is 19.4 Å². The fourth-order valence-corrected chi connectivity index (χ4v) is 7.86. The molecule has 10 heteroatoms. The lowest BCUT2D eigenvalue weighted by molar-refractivity contribution is -0.147. The highest BCUT2D eigenvalue weighted by Gasteiger charge is 2.23. The van der Waals surface area contributed by atoms with Gasteiger partial charge in [0.15, 0.2) is 0 Å². The van der Waals surface area contributed by atoms with E-state index >= 15 is 0 Å². The summed E-state index contributed by atoms with van der Waals surface area (Å²) in [7, 11) is -4.43. The minimum Gasteiger partial charge on any atom is -0.463 e. The van der Waals surface area contributed by atoms with E-state index in [1.54, 1.807) is 0 Å². The number of phosphoric acid groups is 1. The minimum absolute atomic E-state index is 0.0764. The minimum atomic E-state index is -4.43. The predicted octanol–water partition coefficient (Wildman–Crippen LogP) is 15.8. The van der Waals surface area contributed by atoms with Crippen molar-refractivity contribution in [3.05, 3.63) is 72.9 Å². The largest absolute Gasteiger partial charge is 0.472 e. The van der Waals surface area contributed by atoms with Crippen LogP contribution >= 0.6 is 7.82 Å². The van der Waals surface area contributed by atoms with E-state index in [4.69, 9.17) is 13.8 Å². The number of rotatable bonds is 49. The summed E-state index contributed by atoms with van der Waals surface area (Å²) in [4.78, 5) is 34.1. The van der Waals surface area contributed by atoms with Crippen molar-refractivity contribution in [3.63, 3.8) is 0 Å². The Labute approximate surface area is 399 Å². The van der Waals surface area contributed by atoms with Crippen LogP contribution in [0.2, 0.25) is 0 Å². The summed E-state index contributed by atoms with van der Waals surface area (Å²) in [6.07, 6.45) is 64.1. The molecule has 0 spiro atoms. The molecule has 0 radical (unpaired) electrons. The molecule has 65 heavy (non-hydrogen) atoms. The van der Waals surface area contributed by atoms with E-state index in [9.17, 15) is 24.2 Å². The number of allylic oxidation sites excluding steroid dienone is 12. The van der Waals surface area contributed by atoms with E-state index in [1.165, 1.54) is 122 Å². The zero-order valence-corrected chi connectivity index (χ0v) is 42.6. The third-order valence-corrected chi connectivity index (χ3v) is 12.1. The molecule has 0 aliphatic rings. The Morgan fingerprint density at radius 1 is 0.477 bits per heavy atom. The average molecular weight is 932 g/mol. The lowest BCUT2D eigenvalue weighted by Crippen LogP contribution is -2.27. The van der Waals surface area contributed by atoms with Gasteiger partial charge in [-0.1, -0.05) is 202 Å². The van der Waals surface area contributed by atoms with Gasteiger partial charge in [-0.3, -0.25) is 18.6 Å². The summed E-state index contributed by atoms with van der Waals surface area (Å²) in [5, 5.41) is 12.8. The van der Waals surface area contributed by atoms with E-state index in [2.05, 4.69) is 92.1 Å². The zero-order valence-electron chi connectivity index (χ0n) is 41.7. The number of amides is 1. The maximum absolute atomic E-state index is 12.2. The van der Waals surface area contributed by atoms with Crippen molar-refractivity contribution in [2.75, 3.05) is 26.4 Å². The number of unbranched alkanes of at least 4 members (excludes halogenated alkanes) is 24. The van der Waals surface area contributed by atoms with Crippen molar-refractivity contribution in [1.29, 1.82) is 0 Å². The van der Waals surface area contributed by atoms with Crippen LogP contribution in [0, 0.1) is 0 Å². The van der Waals surface area contributed by atoms with Crippen LogP contribution in [0.4, 0.5) is 0 Å². The van der Waals surface area contributed by atoms with Crippen LogP contribution in [-0.4, -0.2) is 54.3 Å². The highest BCUT2D eigenvalue weighted by Crippen LogP contribution is 2.42. The molecule has 3 N–H and O–H groups in total.